The lowest BCUT2D eigenvalue weighted by atomic mass is 9.34. The zero-order valence-electron chi connectivity index (χ0n) is 49.2. The van der Waals surface area contributed by atoms with Crippen molar-refractivity contribution < 1.29 is 0 Å². The first-order valence-electron chi connectivity index (χ1n) is 29.5. The number of hydrogen-bond acceptors (Lipinski definition) is 3. The molecule has 3 aromatic heterocycles. The van der Waals surface area contributed by atoms with E-state index in [-0.39, 0.29) is 28.4 Å². The summed E-state index contributed by atoms with van der Waals surface area (Å²) in [5, 5.41) is 9.28. The second kappa shape index (κ2) is 16.7. The summed E-state index contributed by atoms with van der Waals surface area (Å²) in [6, 6.07) is 73.6. The number of fused-ring (bicyclic) bond motifs is 7. The third-order valence-corrected chi connectivity index (χ3v) is 19.7. The third-order valence-electron chi connectivity index (χ3n) is 18.6. The Kier molecular flexibility index (Phi) is 10.1. The zero-order valence-corrected chi connectivity index (χ0v) is 50.0. The molecule has 0 spiro atoms. The number of hydrogen-bond donors (Lipinski definition) is 0. The van der Waals surface area contributed by atoms with Gasteiger partial charge in [0.2, 0.25) is 0 Å². The number of benzene rings is 10. The van der Waals surface area contributed by atoms with Crippen LogP contribution in [0.4, 0.5) is 34.1 Å². The quantitative estimate of drug-likeness (QED) is 0.163. The van der Waals surface area contributed by atoms with E-state index in [2.05, 4.69) is 290 Å². The van der Waals surface area contributed by atoms with Gasteiger partial charge in [0.05, 0.1) is 27.9 Å². The molecule has 6 heteroatoms. The van der Waals surface area contributed by atoms with Crippen LogP contribution in [0.15, 0.2) is 188 Å². The molecule has 0 radical (unpaired) electrons. The Morgan fingerprint density at radius 2 is 0.890 bits per heavy atom. The molecule has 400 valence electrons. The van der Waals surface area contributed by atoms with Crippen LogP contribution in [-0.4, -0.2) is 15.8 Å². The van der Waals surface area contributed by atoms with E-state index in [1.165, 1.54) is 136 Å². The minimum atomic E-state index is -0.155. The van der Waals surface area contributed by atoms with Crippen LogP contribution in [0.25, 0.3) is 86.2 Å². The molecule has 0 saturated carbocycles. The molecular weight excluding hydrogens is 1010 g/mol. The SMILES string of the molecule is CC(C)(C)c1ccc(N2c3ccc(C(C)(C)C)cc3B3c4c2cc(-n2c5ccc6cccc7c6c5c5c6c(ccc52)sc2cccc-7c26)cc4N(c2ccc(C(C)(C)C)cc2)c2c3n(-c3ccccc3)c3ccc(C(C)(C)C)cc23)cc1. The fourth-order valence-corrected chi connectivity index (χ4v) is 15.6. The molecule has 2 aliphatic heterocycles. The highest BCUT2D eigenvalue weighted by atomic mass is 32.1. The van der Waals surface area contributed by atoms with Crippen LogP contribution >= 0.6 is 11.3 Å². The van der Waals surface area contributed by atoms with Crippen LogP contribution in [0, 0.1) is 0 Å². The van der Waals surface area contributed by atoms with Gasteiger partial charge in [-0.25, -0.2) is 0 Å². The van der Waals surface area contributed by atoms with Gasteiger partial charge in [0.25, 0.3) is 6.71 Å². The summed E-state index contributed by atoms with van der Waals surface area (Å²) in [5.74, 6) is 0. The number of aromatic nitrogens is 2. The van der Waals surface area contributed by atoms with Gasteiger partial charge in [0, 0.05) is 76.0 Å². The topological polar surface area (TPSA) is 16.3 Å². The first-order valence-corrected chi connectivity index (χ1v) is 30.3. The number of nitrogens with zero attached hydrogens (tertiary/aromatic N) is 4. The van der Waals surface area contributed by atoms with E-state index in [0.29, 0.717) is 0 Å². The van der Waals surface area contributed by atoms with E-state index in [9.17, 15) is 0 Å². The molecule has 0 bridgehead atoms. The highest BCUT2D eigenvalue weighted by molar-refractivity contribution is 7.26. The highest BCUT2D eigenvalue weighted by Crippen LogP contribution is 2.54. The minimum Gasteiger partial charge on any atom is -0.319 e. The van der Waals surface area contributed by atoms with Crippen molar-refractivity contribution in [1.82, 2.24) is 9.13 Å². The molecule has 0 unspecified atom stereocenters. The second-order valence-corrected chi connectivity index (χ2v) is 28.9. The smallest absolute Gasteiger partial charge is 0.273 e. The molecule has 13 aromatic rings. The molecule has 16 rings (SSSR count). The molecule has 4 nitrogen and oxygen atoms in total. The Labute approximate surface area is 486 Å². The van der Waals surface area contributed by atoms with Gasteiger partial charge in [-0.05, 0) is 168 Å². The van der Waals surface area contributed by atoms with Gasteiger partial charge in [-0.2, -0.15) is 0 Å². The van der Waals surface area contributed by atoms with Gasteiger partial charge in [-0.3, -0.25) is 0 Å². The molecule has 0 fully saturated rings. The summed E-state index contributed by atoms with van der Waals surface area (Å²) < 4.78 is 7.92. The molecule has 82 heavy (non-hydrogen) atoms. The van der Waals surface area contributed by atoms with Crippen LogP contribution < -0.4 is 26.3 Å². The first-order chi connectivity index (χ1) is 39.2. The average molecular weight is 1080 g/mol. The largest absolute Gasteiger partial charge is 0.319 e. The maximum atomic E-state index is 2.68. The lowest BCUT2D eigenvalue weighted by Crippen LogP contribution is -2.63. The van der Waals surface area contributed by atoms with Gasteiger partial charge in [-0.15, -0.1) is 11.3 Å². The predicted molar refractivity (Wildman–Crippen MR) is 356 cm³/mol. The summed E-state index contributed by atoms with van der Waals surface area (Å²) in [4.78, 5) is 5.29. The van der Waals surface area contributed by atoms with Crippen molar-refractivity contribution in [1.29, 1.82) is 0 Å². The van der Waals surface area contributed by atoms with Crippen LogP contribution in [0.1, 0.15) is 105 Å². The van der Waals surface area contributed by atoms with E-state index in [1.54, 1.807) is 0 Å². The fraction of sp³-hybridized carbons (Fsp3) is 0.211. The maximum Gasteiger partial charge on any atom is 0.273 e. The number of anilines is 6. The molecule has 10 aromatic carbocycles. The minimum absolute atomic E-state index is 0.00954. The van der Waals surface area contributed by atoms with Crippen molar-refractivity contribution in [3.8, 4) is 22.5 Å². The van der Waals surface area contributed by atoms with Gasteiger partial charge in [0.15, 0.2) is 0 Å². The summed E-state index contributed by atoms with van der Waals surface area (Å²) in [5.41, 5.74) is 24.6. The second-order valence-electron chi connectivity index (χ2n) is 27.8. The van der Waals surface area contributed by atoms with Crippen LogP contribution in [0.5, 0.6) is 0 Å². The molecule has 3 aliphatic rings. The summed E-state index contributed by atoms with van der Waals surface area (Å²) in [6.45, 7) is 27.9. The molecule has 5 heterocycles. The Morgan fingerprint density at radius 1 is 0.354 bits per heavy atom. The first kappa shape index (κ1) is 49.5. The van der Waals surface area contributed by atoms with Crippen molar-refractivity contribution in [2.24, 2.45) is 0 Å². The highest BCUT2D eigenvalue weighted by Gasteiger charge is 2.48. The molecule has 0 amide bonds. The molecule has 0 saturated heterocycles. The van der Waals surface area contributed by atoms with E-state index >= 15 is 0 Å². The standard InChI is InChI=1S/C76H67BN4S/c1-73(2,3)45-25-31-50(32-26-45)78-58-37-30-48(76(10,11)12)41-56(58)77-70-61(78)42-52(79-59-35-24-44-18-16-21-53-54-22-17-23-63-66(54)69-64(82-63)39-38-60(79)68(69)67(59)65(44)53)43-62(70)80(51-33-27-46(28-34-51)74(4,5)6)71-55-40-47(75(7,8)9)29-36-57(55)81(72(71)77)49-19-14-13-15-20-49/h13-43H,1-12H3. The van der Waals surface area contributed by atoms with E-state index in [4.69, 9.17) is 0 Å². The van der Waals surface area contributed by atoms with Crippen molar-refractivity contribution in [2.75, 3.05) is 9.80 Å². The Bertz CT molecular complexity index is 4890. The Balaban J connectivity index is 1.11. The molecule has 0 atom stereocenters. The fourth-order valence-electron chi connectivity index (χ4n) is 14.4. The van der Waals surface area contributed by atoms with E-state index in [0.717, 1.165) is 22.7 Å². The van der Waals surface area contributed by atoms with Crippen molar-refractivity contribution in [3.05, 3.63) is 210 Å². The van der Waals surface area contributed by atoms with Crippen LogP contribution in [0.2, 0.25) is 0 Å². The van der Waals surface area contributed by atoms with Crippen LogP contribution in [-0.2, 0) is 21.7 Å². The van der Waals surface area contributed by atoms with E-state index < -0.39 is 0 Å². The lowest BCUT2D eigenvalue weighted by Gasteiger charge is -2.44. The summed E-state index contributed by atoms with van der Waals surface area (Å²) in [7, 11) is 0. The van der Waals surface area contributed by atoms with Gasteiger partial charge < -0.3 is 18.9 Å². The summed E-state index contributed by atoms with van der Waals surface area (Å²) in [6.07, 6.45) is 0. The number of para-hydroxylation sites is 1. The molecule has 1 aliphatic carbocycles. The van der Waals surface area contributed by atoms with Gasteiger partial charge in [0.1, 0.15) is 0 Å². The molecular formula is C76H67BN4S. The number of rotatable bonds is 4. The van der Waals surface area contributed by atoms with Crippen molar-refractivity contribution in [2.45, 2.75) is 105 Å². The van der Waals surface area contributed by atoms with Crippen LogP contribution in [0.3, 0.4) is 0 Å². The summed E-state index contributed by atoms with van der Waals surface area (Å²) >= 11 is 1.92. The predicted octanol–water partition coefficient (Wildman–Crippen LogP) is 19.5. The average Bonchev–Trinajstić information content (AvgIpc) is 3.15. The van der Waals surface area contributed by atoms with Crippen molar-refractivity contribution in [3.63, 3.8) is 0 Å². The lowest BCUT2D eigenvalue weighted by molar-refractivity contribution is 0.590. The van der Waals surface area contributed by atoms with Crippen molar-refractivity contribution >= 4 is 132 Å². The van der Waals surface area contributed by atoms with Gasteiger partial charge >= 0.3 is 0 Å². The van der Waals surface area contributed by atoms with E-state index in [1.807, 2.05) is 11.3 Å². The number of thiophene rings is 1. The van der Waals surface area contributed by atoms with Gasteiger partial charge in [-0.1, -0.05) is 180 Å². The molecule has 0 N–H and O–H groups in total. The normalized spacial score (nSPS) is 14.0. The Morgan fingerprint density at radius 3 is 1.55 bits per heavy atom. The zero-order chi connectivity index (χ0) is 56.3. The monoisotopic (exact) mass is 1080 g/mol. The Hall–Kier alpha value is -8.32. The third kappa shape index (κ3) is 6.91. The maximum absolute atomic E-state index is 2.68.